The molecule has 4 rings (SSSR count). The fraction of sp³-hybridized carbons (Fsp3) is 0.212. The molecule has 0 radical (unpaired) electrons. The quantitative estimate of drug-likeness (QED) is 0.189. The second-order valence-electron chi connectivity index (χ2n) is 10.3. The molecular formula is C33H33FIN3O4S. The first kappa shape index (κ1) is 32.2. The molecule has 0 aliphatic heterocycles. The molecule has 1 unspecified atom stereocenters. The number of amides is 2. The van der Waals surface area contributed by atoms with Crippen molar-refractivity contribution in [3.05, 3.63) is 130 Å². The van der Waals surface area contributed by atoms with Crippen molar-refractivity contribution in [2.75, 3.05) is 10.8 Å². The third-order valence-corrected chi connectivity index (χ3v) is 9.23. The summed E-state index contributed by atoms with van der Waals surface area (Å²) in [5, 5.41) is 2.89. The fourth-order valence-corrected chi connectivity index (χ4v) is 6.40. The minimum atomic E-state index is -4.19. The summed E-state index contributed by atoms with van der Waals surface area (Å²) in [5.74, 6) is -1.61. The van der Waals surface area contributed by atoms with E-state index in [0.717, 1.165) is 13.4 Å². The first-order chi connectivity index (χ1) is 20.6. The van der Waals surface area contributed by atoms with Gasteiger partial charge >= 0.3 is 0 Å². The van der Waals surface area contributed by atoms with Gasteiger partial charge in [-0.2, -0.15) is 0 Å². The fourth-order valence-electron chi connectivity index (χ4n) is 4.60. The summed E-state index contributed by atoms with van der Waals surface area (Å²) in [6.07, 6.45) is 0.147. The summed E-state index contributed by atoms with van der Waals surface area (Å²) < 4.78 is 44.8. The highest BCUT2D eigenvalue weighted by Gasteiger charge is 2.35. The number of nitrogens with one attached hydrogen (secondary N) is 1. The standard InChI is InChI=1S/C33H33FIN3O4S/c1-24(2)36-33(40)31(21-25-11-5-3-6-12-25)37(22-26-13-9-10-16-30(26)34)32(39)23-38(28-19-17-27(35)18-20-28)43(41,42)29-14-7-4-8-15-29/h3-20,24,31H,21-23H2,1-2H3,(H,36,40). The van der Waals surface area contributed by atoms with Gasteiger partial charge in [0.15, 0.2) is 0 Å². The van der Waals surface area contributed by atoms with Crippen LogP contribution in [-0.2, 0) is 32.6 Å². The van der Waals surface area contributed by atoms with Crippen molar-refractivity contribution in [1.29, 1.82) is 0 Å². The van der Waals surface area contributed by atoms with Gasteiger partial charge in [-0.25, -0.2) is 12.8 Å². The predicted molar refractivity (Wildman–Crippen MR) is 174 cm³/mol. The summed E-state index contributed by atoms with van der Waals surface area (Å²) in [4.78, 5) is 29.3. The number of carbonyl (C=O) groups is 2. The van der Waals surface area contributed by atoms with Gasteiger partial charge in [-0.05, 0) is 84.5 Å². The number of hydrogen-bond donors (Lipinski definition) is 1. The first-order valence-corrected chi connectivity index (χ1v) is 16.3. The lowest BCUT2D eigenvalue weighted by Gasteiger charge is -2.34. The number of benzene rings is 4. The van der Waals surface area contributed by atoms with E-state index in [4.69, 9.17) is 0 Å². The topological polar surface area (TPSA) is 86.8 Å². The van der Waals surface area contributed by atoms with Gasteiger partial charge < -0.3 is 10.2 Å². The highest BCUT2D eigenvalue weighted by atomic mass is 127. The molecule has 0 aliphatic rings. The first-order valence-electron chi connectivity index (χ1n) is 13.8. The number of halogens is 2. The Morgan fingerprint density at radius 1 is 0.837 bits per heavy atom. The van der Waals surface area contributed by atoms with Crippen LogP contribution in [0.2, 0.25) is 0 Å². The van der Waals surface area contributed by atoms with Crippen LogP contribution in [-0.4, -0.2) is 43.8 Å². The minimum absolute atomic E-state index is 0.0143. The van der Waals surface area contributed by atoms with Crippen molar-refractivity contribution in [3.63, 3.8) is 0 Å². The molecule has 1 atom stereocenters. The minimum Gasteiger partial charge on any atom is -0.352 e. The lowest BCUT2D eigenvalue weighted by Crippen LogP contribution is -2.54. The van der Waals surface area contributed by atoms with Crippen molar-refractivity contribution in [2.24, 2.45) is 0 Å². The van der Waals surface area contributed by atoms with E-state index in [1.54, 1.807) is 60.7 Å². The molecule has 2 amide bonds. The molecule has 0 saturated heterocycles. The molecule has 43 heavy (non-hydrogen) atoms. The van der Waals surface area contributed by atoms with E-state index in [1.807, 2.05) is 44.2 Å². The van der Waals surface area contributed by atoms with Crippen LogP contribution in [0.5, 0.6) is 0 Å². The Kier molecular flexibility index (Phi) is 10.9. The van der Waals surface area contributed by atoms with E-state index in [2.05, 4.69) is 27.9 Å². The van der Waals surface area contributed by atoms with Crippen LogP contribution >= 0.6 is 22.6 Å². The van der Waals surface area contributed by atoms with Gasteiger partial charge in [0, 0.05) is 28.1 Å². The largest absolute Gasteiger partial charge is 0.352 e. The second kappa shape index (κ2) is 14.6. The van der Waals surface area contributed by atoms with Crippen molar-refractivity contribution < 1.29 is 22.4 Å². The van der Waals surface area contributed by atoms with Crippen LogP contribution in [0.25, 0.3) is 0 Å². The number of rotatable bonds is 12. The molecule has 0 bridgehead atoms. The second-order valence-corrected chi connectivity index (χ2v) is 13.4. The van der Waals surface area contributed by atoms with Gasteiger partial charge in [-0.3, -0.25) is 13.9 Å². The van der Waals surface area contributed by atoms with E-state index in [0.29, 0.717) is 0 Å². The zero-order valence-electron chi connectivity index (χ0n) is 23.9. The zero-order chi connectivity index (χ0) is 31.0. The molecule has 4 aromatic rings. The Balaban J connectivity index is 1.80. The van der Waals surface area contributed by atoms with Crippen LogP contribution < -0.4 is 9.62 Å². The lowest BCUT2D eigenvalue weighted by molar-refractivity contribution is -0.140. The van der Waals surface area contributed by atoms with E-state index in [1.165, 1.54) is 23.1 Å². The molecule has 10 heteroatoms. The molecule has 4 aromatic carbocycles. The lowest BCUT2D eigenvalue weighted by atomic mass is 10.0. The molecule has 0 aromatic heterocycles. The summed E-state index contributed by atoms with van der Waals surface area (Å²) in [6.45, 7) is 2.78. The maximum atomic E-state index is 14.9. The number of anilines is 1. The number of sulfonamides is 1. The third-order valence-electron chi connectivity index (χ3n) is 6.73. The Labute approximate surface area is 265 Å². The molecule has 0 heterocycles. The maximum absolute atomic E-state index is 14.9. The van der Waals surface area contributed by atoms with Crippen LogP contribution in [0, 0.1) is 9.39 Å². The highest BCUT2D eigenvalue weighted by Crippen LogP contribution is 2.26. The van der Waals surface area contributed by atoms with Gasteiger partial charge in [0.1, 0.15) is 18.4 Å². The number of hydrogen-bond acceptors (Lipinski definition) is 4. The summed E-state index contributed by atoms with van der Waals surface area (Å²) in [5.41, 5.74) is 1.29. The molecule has 0 spiro atoms. The molecule has 1 N–H and O–H groups in total. The Morgan fingerprint density at radius 3 is 2.02 bits per heavy atom. The van der Waals surface area contributed by atoms with Gasteiger partial charge in [0.2, 0.25) is 11.8 Å². The van der Waals surface area contributed by atoms with E-state index >= 15 is 0 Å². The van der Waals surface area contributed by atoms with Crippen LogP contribution in [0.1, 0.15) is 25.0 Å². The Hall–Kier alpha value is -3.77. The van der Waals surface area contributed by atoms with Gasteiger partial charge in [-0.1, -0.05) is 66.7 Å². The zero-order valence-corrected chi connectivity index (χ0v) is 26.8. The molecule has 0 saturated carbocycles. The highest BCUT2D eigenvalue weighted by molar-refractivity contribution is 14.1. The average Bonchev–Trinajstić information content (AvgIpc) is 2.99. The van der Waals surface area contributed by atoms with Gasteiger partial charge in [-0.15, -0.1) is 0 Å². The van der Waals surface area contributed by atoms with E-state index < -0.39 is 40.2 Å². The van der Waals surface area contributed by atoms with Crippen molar-refractivity contribution in [1.82, 2.24) is 10.2 Å². The number of nitrogens with zero attached hydrogens (tertiary/aromatic N) is 2. The SMILES string of the molecule is CC(C)NC(=O)C(Cc1ccccc1)N(Cc1ccccc1F)C(=O)CN(c1ccc(I)cc1)S(=O)(=O)c1ccccc1. The van der Waals surface area contributed by atoms with E-state index in [9.17, 15) is 22.4 Å². The van der Waals surface area contributed by atoms with Crippen LogP contribution in [0.15, 0.2) is 114 Å². The van der Waals surface area contributed by atoms with E-state index in [-0.39, 0.29) is 35.2 Å². The van der Waals surface area contributed by atoms with Crippen molar-refractivity contribution >= 4 is 50.1 Å². The van der Waals surface area contributed by atoms with Crippen molar-refractivity contribution in [2.45, 2.75) is 43.8 Å². The molecule has 224 valence electrons. The van der Waals surface area contributed by atoms with Crippen LogP contribution in [0.3, 0.4) is 0 Å². The summed E-state index contributed by atoms with van der Waals surface area (Å²) in [6, 6.07) is 28.6. The molecule has 0 aliphatic carbocycles. The Bertz CT molecular complexity index is 1640. The maximum Gasteiger partial charge on any atom is 0.264 e. The van der Waals surface area contributed by atoms with Crippen molar-refractivity contribution in [3.8, 4) is 0 Å². The summed E-state index contributed by atoms with van der Waals surface area (Å²) in [7, 11) is -4.19. The predicted octanol–water partition coefficient (Wildman–Crippen LogP) is 5.79. The molecular weight excluding hydrogens is 680 g/mol. The average molecular weight is 714 g/mol. The molecule has 7 nitrogen and oxygen atoms in total. The smallest absolute Gasteiger partial charge is 0.264 e. The number of carbonyl (C=O) groups excluding carboxylic acids is 2. The monoisotopic (exact) mass is 713 g/mol. The van der Waals surface area contributed by atoms with Gasteiger partial charge in [0.25, 0.3) is 10.0 Å². The normalized spacial score (nSPS) is 12.0. The van der Waals surface area contributed by atoms with Gasteiger partial charge in [0.05, 0.1) is 10.6 Å². The Morgan fingerprint density at radius 2 is 1.42 bits per heavy atom. The van der Waals surface area contributed by atoms with Crippen LogP contribution in [0.4, 0.5) is 10.1 Å². The summed E-state index contributed by atoms with van der Waals surface area (Å²) >= 11 is 2.12. The molecule has 0 fully saturated rings. The third kappa shape index (κ3) is 8.41.